The van der Waals surface area contributed by atoms with E-state index in [1.807, 2.05) is 32.0 Å². The van der Waals surface area contributed by atoms with Crippen LogP contribution in [0.25, 0.3) is 0 Å². The molecule has 0 saturated heterocycles. The summed E-state index contributed by atoms with van der Waals surface area (Å²) in [5.41, 5.74) is 7.58. The Labute approximate surface area is 106 Å². The first-order valence-corrected chi connectivity index (χ1v) is 6.38. The Bertz CT molecular complexity index is 361. The Morgan fingerprint density at radius 2 is 2.12 bits per heavy atom. The normalized spacial score (nSPS) is 16.9. The summed E-state index contributed by atoms with van der Waals surface area (Å²) in [5, 5.41) is 10.4. The summed E-state index contributed by atoms with van der Waals surface area (Å²) in [5.74, 6) is 0. The number of benzene rings is 1. The molecule has 2 nitrogen and oxygen atoms in total. The molecule has 0 aromatic heterocycles. The Kier molecular flexibility index (Phi) is 4.53. The van der Waals surface area contributed by atoms with E-state index in [9.17, 15) is 5.11 Å². The van der Waals surface area contributed by atoms with Crippen molar-refractivity contribution in [1.82, 2.24) is 0 Å². The molecule has 0 aliphatic carbocycles. The van der Waals surface area contributed by atoms with Gasteiger partial charge in [-0.2, -0.15) is 0 Å². The topological polar surface area (TPSA) is 46.2 Å². The molecule has 1 aromatic carbocycles. The van der Waals surface area contributed by atoms with Gasteiger partial charge in [0, 0.05) is 16.4 Å². The van der Waals surface area contributed by atoms with Crippen molar-refractivity contribution >= 4 is 15.9 Å². The maximum atomic E-state index is 10.4. The summed E-state index contributed by atoms with van der Waals surface area (Å²) in [6.07, 6.45) is 0.356. The summed E-state index contributed by atoms with van der Waals surface area (Å²) in [6, 6.07) is 5.93. The summed E-state index contributed by atoms with van der Waals surface area (Å²) >= 11 is 3.46. The zero-order valence-electron chi connectivity index (χ0n) is 10.1. The van der Waals surface area contributed by atoms with Crippen LogP contribution in [0.3, 0.4) is 0 Å². The Balaban J connectivity index is 3.04. The minimum atomic E-state index is -0.505. The van der Waals surface area contributed by atoms with E-state index in [-0.39, 0.29) is 5.41 Å². The lowest BCUT2D eigenvalue weighted by atomic mass is 9.78. The molecule has 0 heterocycles. The van der Waals surface area contributed by atoms with Crippen LogP contribution in [0.4, 0.5) is 0 Å². The second-order valence-corrected chi connectivity index (χ2v) is 5.48. The molecule has 16 heavy (non-hydrogen) atoms. The highest BCUT2D eigenvalue weighted by atomic mass is 79.9. The number of aliphatic hydroxyl groups excluding tert-OH is 1. The SMILES string of the molecule is CCC(C)(CN)C(O)c1ccc(Br)c(C)c1. The van der Waals surface area contributed by atoms with Crippen molar-refractivity contribution in [3.63, 3.8) is 0 Å². The number of rotatable bonds is 4. The van der Waals surface area contributed by atoms with Crippen molar-refractivity contribution in [2.75, 3.05) is 6.54 Å². The van der Waals surface area contributed by atoms with Crippen LogP contribution < -0.4 is 5.73 Å². The lowest BCUT2D eigenvalue weighted by Gasteiger charge is -2.32. The zero-order valence-corrected chi connectivity index (χ0v) is 11.7. The number of halogens is 1. The highest BCUT2D eigenvalue weighted by Crippen LogP contribution is 2.36. The molecule has 0 spiro atoms. The van der Waals surface area contributed by atoms with Gasteiger partial charge in [0.05, 0.1) is 6.10 Å². The van der Waals surface area contributed by atoms with E-state index >= 15 is 0 Å². The molecule has 0 fully saturated rings. The van der Waals surface area contributed by atoms with E-state index in [0.29, 0.717) is 6.54 Å². The van der Waals surface area contributed by atoms with Gasteiger partial charge in [0.25, 0.3) is 0 Å². The van der Waals surface area contributed by atoms with Gasteiger partial charge in [-0.25, -0.2) is 0 Å². The number of hydrogen-bond acceptors (Lipinski definition) is 2. The quantitative estimate of drug-likeness (QED) is 0.893. The van der Waals surface area contributed by atoms with Crippen LogP contribution in [0.1, 0.15) is 37.5 Å². The minimum Gasteiger partial charge on any atom is -0.388 e. The third kappa shape index (κ3) is 2.65. The molecule has 0 bridgehead atoms. The summed E-state index contributed by atoms with van der Waals surface area (Å²) in [7, 11) is 0. The van der Waals surface area contributed by atoms with Gasteiger partial charge in [0.1, 0.15) is 0 Å². The Morgan fingerprint density at radius 3 is 2.56 bits per heavy atom. The van der Waals surface area contributed by atoms with Crippen molar-refractivity contribution in [3.8, 4) is 0 Å². The van der Waals surface area contributed by atoms with Crippen LogP contribution in [0, 0.1) is 12.3 Å². The summed E-state index contributed by atoms with van der Waals surface area (Å²) in [6.45, 7) is 6.59. The smallest absolute Gasteiger partial charge is 0.0855 e. The number of aryl methyl sites for hydroxylation is 1. The molecule has 0 aliphatic heterocycles. The van der Waals surface area contributed by atoms with Crippen LogP contribution >= 0.6 is 15.9 Å². The maximum Gasteiger partial charge on any atom is 0.0855 e. The third-order valence-electron chi connectivity index (χ3n) is 3.43. The molecule has 3 N–H and O–H groups in total. The molecule has 90 valence electrons. The predicted molar refractivity (Wildman–Crippen MR) is 71.3 cm³/mol. The molecule has 1 aromatic rings. The van der Waals surface area contributed by atoms with Gasteiger partial charge in [0.15, 0.2) is 0 Å². The number of hydrogen-bond donors (Lipinski definition) is 2. The second-order valence-electron chi connectivity index (χ2n) is 4.62. The van der Waals surface area contributed by atoms with E-state index in [4.69, 9.17) is 5.73 Å². The largest absolute Gasteiger partial charge is 0.388 e. The van der Waals surface area contributed by atoms with Crippen LogP contribution in [0.2, 0.25) is 0 Å². The first-order chi connectivity index (χ1) is 7.44. The Morgan fingerprint density at radius 1 is 1.50 bits per heavy atom. The van der Waals surface area contributed by atoms with Gasteiger partial charge >= 0.3 is 0 Å². The standard InChI is InChI=1S/C13H20BrNO/c1-4-13(3,8-15)12(16)10-5-6-11(14)9(2)7-10/h5-7,12,16H,4,8,15H2,1-3H3. The fraction of sp³-hybridized carbons (Fsp3) is 0.538. The van der Waals surface area contributed by atoms with E-state index in [2.05, 4.69) is 22.9 Å². The van der Waals surface area contributed by atoms with E-state index in [1.54, 1.807) is 0 Å². The number of nitrogens with two attached hydrogens (primary N) is 1. The average Bonchev–Trinajstić information content (AvgIpc) is 2.30. The van der Waals surface area contributed by atoms with Crippen molar-refractivity contribution < 1.29 is 5.11 Å². The molecule has 0 aliphatic rings. The summed E-state index contributed by atoms with van der Waals surface area (Å²) < 4.78 is 1.06. The highest BCUT2D eigenvalue weighted by molar-refractivity contribution is 9.10. The van der Waals surface area contributed by atoms with Crippen molar-refractivity contribution in [2.24, 2.45) is 11.1 Å². The third-order valence-corrected chi connectivity index (χ3v) is 4.32. The van der Waals surface area contributed by atoms with E-state index in [1.165, 1.54) is 0 Å². The lowest BCUT2D eigenvalue weighted by Crippen LogP contribution is -2.33. The first kappa shape index (κ1) is 13.7. The molecule has 2 atom stereocenters. The Hall–Kier alpha value is -0.380. The molecule has 0 radical (unpaired) electrons. The van der Waals surface area contributed by atoms with Crippen molar-refractivity contribution in [1.29, 1.82) is 0 Å². The van der Waals surface area contributed by atoms with E-state index < -0.39 is 6.10 Å². The predicted octanol–water partition coefficient (Wildman–Crippen LogP) is 3.17. The monoisotopic (exact) mass is 285 g/mol. The fourth-order valence-corrected chi connectivity index (χ4v) is 1.94. The van der Waals surface area contributed by atoms with Gasteiger partial charge in [-0.05, 0) is 30.5 Å². The zero-order chi connectivity index (χ0) is 12.3. The van der Waals surface area contributed by atoms with Crippen molar-refractivity contribution in [3.05, 3.63) is 33.8 Å². The van der Waals surface area contributed by atoms with Crippen LogP contribution in [-0.2, 0) is 0 Å². The van der Waals surface area contributed by atoms with Crippen LogP contribution in [-0.4, -0.2) is 11.7 Å². The van der Waals surface area contributed by atoms with Gasteiger partial charge in [-0.1, -0.05) is 41.9 Å². The van der Waals surface area contributed by atoms with E-state index in [0.717, 1.165) is 22.0 Å². The average molecular weight is 286 g/mol. The minimum absolute atomic E-state index is 0.250. The molecule has 2 unspecified atom stereocenters. The van der Waals surface area contributed by atoms with Crippen molar-refractivity contribution in [2.45, 2.75) is 33.3 Å². The lowest BCUT2D eigenvalue weighted by molar-refractivity contribution is 0.0391. The molecule has 0 amide bonds. The molecular formula is C13H20BrNO. The summed E-state index contributed by atoms with van der Waals surface area (Å²) in [4.78, 5) is 0. The fourth-order valence-electron chi connectivity index (χ4n) is 1.69. The molecule has 3 heteroatoms. The molecular weight excluding hydrogens is 266 g/mol. The first-order valence-electron chi connectivity index (χ1n) is 5.59. The molecule has 0 saturated carbocycles. The molecule has 1 rings (SSSR count). The van der Waals surface area contributed by atoms with Gasteiger partial charge < -0.3 is 10.8 Å². The maximum absolute atomic E-state index is 10.4. The highest BCUT2D eigenvalue weighted by Gasteiger charge is 2.30. The van der Waals surface area contributed by atoms with Gasteiger partial charge in [-0.15, -0.1) is 0 Å². The number of aliphatic hydroxyl groups is 1. The van der Waals surface area contributed by atoms with Crippen LogP contribution in [0.15, 0.2) is 22.7 Å². The second kappa shape index (κ2) is 5.30. The van der Waals surface area contributed by atoms with Crippen LogP contribution in [0.5, 0.6) is 0 Å². The van der Waals surface area contributed by atoms with Gasteiger partial charge in [0.2, 0.25) is 0 Å². The van der Waals surface area contributed by atoms with Gasteiger partial charge in [-0.3, -0.25) is 0 Å².